The SMILES string of the molecule is CN[C@H](C)Cc1coc2cccc(OC(=O)CC(C)(C)CC(C)(C)CC(C)(C)CC(C)(C)CC(=O)Oc3cccc4occ(C[C@H](C)NC)c34)c12. The molecule has 0 spiro atoms. The monoisotopic (exact) mass is 702 g/mol. The molecule has 0 aliphatic heterocycles. The highest BCUT2D eigenvalue weighted by atomic mass is 16.5. The number of hydrogen-bond acceptors (Lipinski definition) is 8. The second-order valence-electron chi connectivity index (χ2n) is 18.1. The van der Waals surface area contributed by atoms with Gasteiger partial charge in [0.05, 0.1) is 36.1 Å². The number of fused-ring (bicyclic) bond motifs is 2. The Morgan fingerprint density at radius 1 is 0.608 bits per heavy atom. The number of carbonyl (C=O) groups is 2. The fraction of sp³-hybridized carbons (Fsp3) is 0.581. The van der Waals surface area contributed by atoms with Gasteiger partial charge >= 0.3 is 11.9 Å². The first kappa shape index (κ1) is 40.2. The van der Waals surface area contributed by atoms with Crippen molar-refractivity contribution in [1.82, 2.24) is 10.6 Å². The summed E-state index contributed by atoms with van der Waals surface area (Å²) < 4.78 is 23.6. The number of ether oxygens (including phenoxy) is 2. The van der Waals surface area contributed by atoms with Crippen molar-refractivity contribution >= 4 is 33.9 Å². The fourth-order valence-corrected chi connectivity index (χ4v) is 8.81. The smallest absolute Gasteiger partial charge is 0.311 e. The largest absolute Gasteiger partial charge is 0.464 e. The van der Waals surface area contributed by atoms with E-state index in [0.717, 1.165) is 65.2 Å². The zero-order valence-electron chi connectivity index (χ0n) is 33.2. The summed E-state index contributed by atoms with van der Waals surface area (Å²) in [5.74, 6) is 0.607. The van der Waals surface area contributed by atoms with E-state index in [9.17, 15) is 9.59 Å². The standard InChI is InChI=1S/C43H62N2O6/c1-28(44-11)19-30-23-48-32-15-13-17-34(38(30)32)50-36(46)21-40(3,4)25-42(7,8)27-43(9,10)26-41(5,6)22-37(47)51-35-18-14-16-33-39(35)31(24-49-33)20-29(2)45-12/h13-18,23-24,28-29,44-45H,19-22,25-27H2,1-12H3/t28-,29+. The van der Waals surface area contributed by atoms with E-state index in [4.69, 9.17) is 18.3 Å². The van der Waals surface area contributed by atoms with Crippen LogP contribution in [0.4, 0.5) is 0 Å². The lowest BCUT2D eigenvalue weighted by Crippen LogP contribution is -2.33. The minimum absolute atomic E-state index is 0.0668. The summed E-state index contributed by atoms with van der Waals surface area (Å²) in [6.45, 7) is 21.9. The van der Waals surface area contributed by atoms with E-state index in [-0.39, 0.29) is 45.7 Å². The highest BCUT2D eigenvalue weighted by Gasteiger charge is 2.39. The van der Waals surface area contributed by atoms with E-state index < -0.39 is 0 Å². The summed E-state index contributed by atoms with van der Waals surface area (Å²) in [5.41, 5.74) is 2.77. The molecule has 51 heavy (non-hydrogen) atoms. The highest BCUT2D eigenvalue weighted by Crippen LogP contribution is 2.48. The van der Waals surface area contributed by atoms with E-state index in [0.29, 0.717) is 24.3 Å². The Hall–Kier alpha value is -3.62. The molecule has 8 heteroatoms. The van der Waals surface area contributed by atoms with Crippen molar-refractivity contribution in [3.8, 4) is 11.5 Å². The molecule has 280 valence electrons. The Balaban J connectivity index is 1.35. The van der Waals surface area contributed by atoms with Gasteiger partial charge in [-0.25, -0.2) is 0 Å². The summed E-state index contributed by atoms with van der Waals surface area (Å²) in [6, 6.07) is 11.7. The third-order valence-corrected chi connectivity index (χ3v) is 9.88. The van der Waals surface area contributed by atoms with Gasteiger partial charge in [0.2, 0.25) is 0 Å². The molecule has 0 bridgehead atoms. The van der Waals surface area contributed by atoms with Gasteiger partial charge in [-0.2, -0.15) is 0 Å². The second-order valence-corrected chi connectivity index (χ2v) is 18.1. The van der Waals surface area contributed by atoms with Gasteiger partial charge in [0.15, 0.2) is 0 Å². The molecule has 0 radical (unpaired) electrons. The molecule has 2 heterocycles. The highest BCUT2D eigenvalue weighted by molar-refractivity contribution is 5.91. The maximum absolute atomic E-state index is 13.4. The summed E-state index contributed by atoms with van der Waals surface area (Å²) in [7, 11) is 3.87. The van der Waals surface area contributed by atoms with Crippen LogP contribution in [0.1, 0.15) is 112 Å². The van der Waals surface area contributed by atoms with E-state index >= 15 is 0 Å². The quantitative estimate of drug-likeness (QED) is 0.0780. The van der Waals surface area contributed by atoms with Crippen LogP contribution < -0.4 is 20.1 Å². The van der Waals surface area contributed by atoms with Gasteiger partial charge in [0, 0.05) is 23.2 Å². The molecule has 0 saturated heterocycles. The fourth-order valence-electron chi connectivity index (χ4n) is 8.81. The zero-order valence-corrected chi connectivity index (χ0v) is 33.2. The van der Waals surface area contributed by atoms with Crippen LogP contribution in [0, 0.1) is 21.7 Å². The lowest BCUT2D eigenvalue weighted by Gasteiger charge is -2.42. The number of nitrogens with one attached hydrogen (secondary N) is 2. The van der Waals surface area contributed by atoms with Crippen LogP contribution in [0.2, 0.25) is 0 Å². The van der Waals surface area contributed by atoms with Crippen LogP contribution in [0.15, 0.2) is 57.8 Å². The molecule has 2 aromatic carbocycles. The number of carbonyl (C=O) groups excluding carboxylic acids is 2. The van der Waals surface area contributed by atoms with E-state index in [1.807, 2.05) is 50.5 Å². The lowest BCUT2D eigenvalue weighted by atomic mass is 9.63. The molecule has 2 atom stereocenters. The van der Waals surface area contributed by atoms with Gasteiger partial charge in [-0.15, -0.1) is 0 Å². The van der Waals surface area contributed by atoms with Gasteiger partial charge in [0.1, 0.15) is 22.7 Å². The summed E-state index contributed by atoms with van der Waals surface area (Å²) in [6.07, 6.45) is 8.26. The minimum atomic E-state index is -0.290. The second kappa shape index (κ2) is 16.0. The predicted octanol–water partition coefficient (Wildman–Crippen LogP) is 10.0. The first-order valence-corrected chi connectivity index (χ1v) is 18.5. The van der Waals surface area contributed by atoms with Crippen molar-refractivity contribution in [3.05, 3.63) is 60.1 Å². The topological polar surface area (TPSA) is 103 Å². The third-order valence-electron chi connectivity index (χ3n) is 9.88. The molecule has 0 amide bonds. The van der Waals surface area contributed by atoms with Crippen LogP contribution in [-0.4, -0.2) is 38.1 Å². The molecule has 8 nitrogen and oxygen atoms in total. The number of hydrogen-bond donors (Lipinski definition) is 2. The number of rotatable bonds is 18. The van der Waals surface area contributed by atoms with Crippen LogP contribution >= 0.6 is 0 Å². The average molecular weight is 703 g/mol. The molecule has 0 unspecified atom stereocenters. The maximum Gasteiger partial charge on any atom is 0.311 e. The van der Waals surface area contributed by atoms with Crippen molar-refractivity contribution in [1.29, 1.82) is 0 Å². The van der Waals surface area contributed by atoms with E-state index in [1.54, 1.807) is 12.5 Å². The summed E-state index contributed by atoms with van der Waals surface area (Å²) in [4.78, 5) is 26.8. The maximum atomic E-state index is 13.4. The molecular formula is C43H62N2O6. The minimum Gasteiger partial charge on any atom is -0.464 e. The predicted molar refractivity (Wildman–Crippen MR) is 206 cm³/mol. The summed E-state index contributed by atoms with van der Waals surface area (Å²) in [5, 5.41) is 8.25. The normalized spacial score (nSPS) is 14.2. The van der Waals surface area contributed by atoms with Crippen molar-refractivity contribution in [3.63, 3.8) is 0 Å². The van der Waals surface area contributed by atoms with E-state index in [2.05, 4.69) is 79.9 Å². The van der Waals surface area contributed by atoms with Crippen molar-refractivity contribution in [2.75, 3.05) is 14.1 Å². The number of benzene rings is 2. The average Bonchev–Trinajstić information content (AvgIpc) is 3.59. The first-order chi connectivity index (χ1) is 23.7. The van der Waals surface area contributed by atoms with Gasteiger partial charge in [-0.3, -0.25) is 9.59 Å². The van der Waals surface area contributed by atoms with Crippen molar-refractivity contribution in [2.24, 2.45) is 21.7 Å². The van der Waals surface area contributed by atoms with Gasteiger partial charge in [0.25, 0.3) is 0 Å². The third kappa shape index (κ3) is 11.2. The molecule has 0 aliphatic carbocycles. The molecule has 0 saturated carbocycles. The number of likely N-dealkylation sites (N-methyl/N-ethyl adjacent to an activating group) is 2. The summed E-state index contributed by atoms with van der Waals surface area (Å²) >= 11 is 0. The first-order valence-electron chi connectivity index (χ1n) is 18.5. The van der Waals surface area contributed by atoms with Crippen LogP contribution in [0.25, 0.3) is 21.9 Å². The lowest BCUT2D eigenvalue weighted by molar-refractivity contribution is -0.137. The van der Waals surface area contributed by atoms with Gasteiger partial charge in [-0.05, 0) is 106 Å². The molecule has 4 aromatic rings. The Morgan fingerprint density at radius 3 is 1.31 bits per heavy atom. The Morgan fingerprint density at radius 2 is 0.961 bits per heavy atom. The number of esters is 2. The molecule has 4 rings (SSSR count). The zero-order chi connectivity index (χ0) is 37.8. The molecule has 2 aromatic heterocycles. The van der Waals surface area contributed by atoms with Gasteiger partial charge in [-0.1, -0.05) is 67.5 Å². The Labute approximate surface area is 305 Å². The van der Waals surface area contributed by atoms with Gasteiger partial charge < -0.3 is 28.9 Å². The van der Waals surface area contributed by atoms with Crippen molar-refractivity contribution < 1.29 is 27.9 Å². The van der Waals surface area contributed by atoms with Crippen LogP contribution in [0.3, 0.4) is 0 Å². The van der Waals surface area contributed by atoms with Crippen LogP contribution in [0.5, 0.6) is 11.5 Å². The molecule has 2 N–H and O–H groups in total. The molecule has 0 fully saturated rings. The Bertz CT molecular complexity index is 1660. The Kier molecular flexibility index (Phi) is 12.6. The van der Waals surface area contributed by atoms with Crippen LogP contribution in [-0.2, 0) is 22.4 Å². The molecular weight excluding hydrogens is 640 g/mol. The van der Waals surface area contributed by atoms with E-state index in [1.165, 1.54) is 0 Å². The molecule has 0 aliphatic rings. The number of furan rings is 2. The van der Waals surface area contributed by atoms with Crippen molar-refractivity contribution in [2.45, 2.75) is 126 Å².